The van der Waals surface area contributed by atoms with E-state index in [1.54, 1.807) is 0 Å². The van der Waals surface area contributed by atoms with Crippen LogP contribution >= 0.6 is 0 Å². The smallest absolute Gasteiger partial charge is 0.247 e. The quantitative estimate of drug-likeness (QED) is 0.583. The summed E-state index contributed by atoms with van der Waals surface area (Å²) in [7, 11) is 0. The summed E-state index contributed by atoms with van der Waals surface area (Å²) in [4.78, 5) is 4.55. The number of benzene rings is 1. The van der Waals surface area contributed by atoms with Gasteiger partial charge in [0.05, 0.1) is 6.61 Å². The largest absolute Gasteiger partial charge is 0.491 e. The number of anilines is 2. The first kappa shape index (κ1) is 17.2. The van der Waals surface area contributed by atoms with Crippen molar-refractivity contribution in [1.82, 2.24) is 14.6 Å². The topological polar surface area (TPSA) is 71.7 Å². The van der Waals surface area contributed by atoms with Gasteiger partial charge in [-0.15, -0.1) is 5.10 Å². The van der Waals surface area contributed by atoms with Crippen LogP contribution in [0.1, 0.15) is 31.9 Å². The van der Waals surface area contributed by atoms with Gasteiger partial charge in [0.15, 0.2) is 5.65 Å². The van der Waals surface area contributed by atoms with Crippen LogP contribution in [-0.4, -0.2) is 32.9 Å². The van der Waals surface area contributed by atoms with Crippen molar-refractivity contribution in [3.8, 4) is 5.75 Å². The third kappa shape index (κ3) is 4.48. The summed E-state index contributed by atoms with van der Waals surface area (Å²) >= 11 is 0. The van der Waals surface area contributed by atoms with Crippen LogP contribution in [-0.2, 0) is 6.42 Å². The second-order valence-electron chi connectivity index (χ2n) is 5.90. The number of pyridine rings is 1. The zero-order chi connectivity index (χ0) is 17.5. The standard InChI is InChI=1S/C19H24N4O2/c1-2-3-4-6-16-7-5-8-18-21-19(22-23(16)18)20-15-9-11-17(12-10-15)25-14-13-24/h5,7-12,24H,2-4,6,13-14H2,1H3,(H,20,22). The molecule has 0 amide bonds. The molecule has 0 aliphatic heterocycles. The Bertz CT molecular complexity index is 799. The monoisotopic (exact) mass is 340 g/mol. The second-order valence-corrected chi connectivity index (χ2v) is 5.90. The highest BCUT2D eigenvalue weighted by atomic mass is 16.5. The average Bonchev–Trinajstić information content (AvgIpc) is 3.04. The number of hydrogen-bond acceptors (Lipinski definition) is 5. The van der Waals surface area contributed by atoms with Gasteiger partial charge in [-0.1, -0.05) is 25.8 Å². The van der Waals surface area contributed by atoms with Crippen LogP contribution in [0.3, 0.4) is 0 Å². The summed E-state index contributed by atoms with van der Waals surface area (Å²) in [6.07, 6.45) is 4.59. The Labute approximate surface area is 147 Å². The molecule has 1 aromatic carbocycles. The Morgan fingerprint density at radius 3 is 2.72 bits per heavy atom. The number of aliphatic hydroxyl groups excluding tert-OH is 1. The van der Waals surface area contributed by atoms with E-state index in [-0.39, 0.29) is 6.61 Å². The zero-order valence-electron chi connectivity index (χ0n) is 14.5. The molecule has 6 nitrogen and oxygen atoms in total. The molecule has 132 valence electrons. The van der Waals surface area contributed by atoms with E-state index < -0.39 is 0 Å². The summed E-state index contributed by atoms with van der Waals surface area (Å²) in [5.74, 6) is 1.30. The first-order valence-corrected chi connectivity index (χ1v) is 8.75. The van der Waals surface area contributed by atoms with Crippen molar-refractivity contribution in [3.05, 3.63) is 48.2 Å². The molecule has 3 rings (SSSR count). The van der Waals surface area contributed by atoms with Crippen molar-refractivity contribution in [2.75, 3.05) is 18.5 Å². The minimum Gasteiger partial charge on any atom is -0.491 e. The first-order valence-electron chi connectivity index (χ1n) is 8.75. The van der Waals surface area contributed by atoms with E-state index in [9.17, 15) is 0 Å². The van der Waals surface area contributed by atoms with Gasteiger partial charge in [0.2, 0.25) is 5.95 Å². The highest BCUT2D eigenvalue weighted by Gasteiger charge is 2.07. The average molecular weight is 340 g/mol. The van der Waals surface area contributed by atoms with Crippen molar-refractivity contribution < 1.29 is 9.84 Å². The van der Waals surface area contributed by atoms with Crippen LogP contribution in [0.5, 0.6) is 5.75 Å². The molecule has 0 aliphatic rings. The van der Waals surface area contributed by atoms with Gasteiger partial charge in [0.1, 0.15) is 12.4 Å². The maximum absolute atomic E-state index is 8.78. The molecule has 2 N–H and O–H groups in total. The maximum Gasteiger partial charge on any atom is 0.247 e. The van der Waals surface area contributed by atoms with Gasteiger partial charge >= 0.3 is 0 Å². The summed E-state index contributed by atoms with van der Waals surface area (Å²) in [5, 5.41) is 16.6. The summed E-state index contributed by atoms with van der Waals surface area (Å²) in [6.45, 7) is 2.51. The molecule has 3 aromatic rings. The van der Waals surface area contributed by atoms with Gasteiger partial charge in [0, 0.05) is 11.4 Å². The van der Waals surface area contributed by atoms with Crippen LogP contribution < -0.4 is 10.1 Å². The summed E-state index contributed by atoms with van der Waals surface area (Å²) < 4.78 is 7.27. The number of nitrogens with one attached hydrogen (secondary N) is 1. The second kappa shape index (κ2) is 8.48. The van der Waals surface area contributed by atoms with Gasteiger partial charge in [-0.3, -0.25) is 0 Å². The Balaban J connectivity index is 1.72. The number of hydrogen-bond donors (Lipinski definition) is 2. The van der Waals surface area contributed by atoms with Gasteiger partial charge < -0.3 is 15.2 Å². The number of aryl methyl sites for hydroxylation is 1. The van der Waals surface area contributed by atoms with Crippen LogP contribution in [0, 0.1) is 0 Å². The Kier molecular flexibility index (Phi) is 5.85. The molecule has 0 bridgehead atoms. The van der Waals surface area contributed by atoms with E-state index in [1.165, 1.54) is 18.5 Å². The molecular weight excluding hydrogens is 316 g/mol. The molecule has 0 spiro atoms. The van der Waals surface area contributed by atoms with Crippen molar-refractivity contribution >= 4 is 17.3 Å². The predicted molar refractivity (Wildman–Crippen MR) is 98.5 cm³/mol. The number of aromatic nitrogens is 3. The lowest BCUT2D eigenvalue weighted by Gasteiger charge is -2.05. The van der Waals surface area contributed by atoms with E-state index in [4.69, 9.17) is 9.84 Å². The first-order chi connectivity index (χ1) is 12.3. The lowest BCUT2D eigenvalue weighted by Crippen LogP contribution is -2.01. The molecule has 2 aromatic heterocycles. The molecule has 0 saturated carbocycles. The molecule has 2 heterocycles. The van der Waals surface area contributed by atoms with E-state index in [2.05, 4.69) is 28.4 Å². The fraction of sp³-hybridized carbons (Fsp3) is 0.368. The number of aliphatic hydroxyl groups is 1. The lowest BCUT2D eigenvalue weighted by molar-refractivity contribution is 0.201. The normalized spacial score (nSPS) is 11.0. The SMILES string of the molecule is CCCCCc1cccc2nc(Nc3ccc(OCCO)cc3)nn12. The third-order valence-corrected chi connectivity index (χ3v) is 3.95. The van der Waals surface area contributed by atoms with E-state index in [0.717, 1.165) is 29.9 Å². The molecular formula is C19H24N4O2. The molecule has 0 aliphatic carbocycles. The summed E-state index contributed by atoms with van der Waals surface area (Å²) in [5.41, 5.74) is 2.92. The third-order valence-electron chi connectivity index (χ3n) is 3.95. The van der Waals surface area contributed by atoms with Crippen molar-refractivity contribution in [1.29, 1.82) is 0 Å². The van der Waals surface area contributed by atoms with Crippen LogP contribution in [0.25, 0.3) is 5.65 Å². The lowest BCUT2D eigenvalue weighted by atomic mass is 10.1. The van der Waals surface area contributed by atoms with Gasteiger partial charge in [-0.25, -0.2) is 4.52 Å². The highest BCUT2D eigenvalue weighted by molar-refractivity contribution is 5.56. The number of nitrogens with zero attached hydrogens (tertiary/aromatic N) is 3. The summed E-state index contributed by atoms with van der Waals surface area (Å²) in [6, 6.07) is 13.6. The molecule has 0 radical (unpaired) electrons. The fourth-order valence-corrected chi connectivity index (χ4v) is 2.68. The molecule has 25 heavy (non-hydrogen) atoms. The van der Waals surface area contributed by atoms with E-state index >= 15 is 0 Å². The molecule has 0 fully saturated rings. The molecule has 0 saturated heterocycles. The van der Waals surface area contributed by atoms with E-state index in [0.29, 0.717) is 12.6 Å². The Morgan fingerprint density at radius 1 is 1.12 bits per heavy atom. The number of rotatable bonds is 9. The Morgan fingerprint density at radius 2 is 1.96 bits per heavy atom. The minimum absolute atomic E-state index is 0.00571. The number of ether oxygens (including phenoxy) is 1. The van der Waals surface area contributed by atoms with Crippen molar-refractivity contribution in [3.63, 3.8) is 0 Å². The molecule has 6 heteroatoms. The minimum atomic E-state index is 0.00571. The maximum atomic E-state index is 8.78. The van der Waals surface area contributed by atoms with Crippen LogP contribution in [0.4, 0.5) is 11.6 Å². The highest BCUT2D eigenvalue weighted by Crippen LogP contribution is 2.19. The predicted octanol–water partition coefficient (Wildman–Crippen LogP) is 3.58. The fourth-order valence-electron chi connectivity index (χ4n) is 2.68. The van der Waals surface area contributed by atoms with Crippen LogP contribution in [0.15, 0.2) is 42.5 Å². The molecule has 0 atom stereocenters. The molecule has 0 unspecified atom stereocenters. The number of fused-ring (bicyclic) bond motifs is 1. The van der Waals surface area contributed by atoms with Crippen molar-refractivity contribution in [2.45, 2.75) is 32.6 Å². The van der Waals surface area contributed by atoms with Gasteiger partial charge in [-0.2, -0.15) is 4.98 Å². The van der Waals surface area contributed by atoms with Crippen molar-refractivity contribution in [2.24, 2.45) is 0 Å². The van der Waals surface area contributed by atoms with Gasteiger partial charge in [0.25, 0.3) is 0 Å². The zero-order valence-corrected chi connectivity index (χ0v) is 14.5. The van der Waals surface area contributed by atoms with Gasteiger partial charge in [-0.05, 0) is 49.2 Å². The number of unbranched alkanes of at least 4 members (excludes halogenated alkanes) is 2. The Hall–Kier alpha value is -2.60. The van der Waals surface area contributed by atoms with Crippen LogP contribution in [0.2, 0.25) is 0 Å². The van der Waals surface area contributed by atoms with E-state index in [1.807, 2.05) is 40.9 Å².